The maximum Gasteiger partial charge on any atom is 0.354 e. The summed E-state index contributed by atoms with van der Waals surface area (Å²) in [5.74, 6) is -0.793. The Morgan fingerprint density at radius 1 is 1.54 bits per heavy atom. The van der Waals surface area contributed by atoms with E-state index < -0.39 is 5.97 Å². The Hall–Kier alpha value is -1.13. The topological polar surface area (TPSA) is 70.4 Å². The molecule has 0 spiro atoms. The van der Waals surface area contributed by atoms with E-state index in [1.807, 2.05) is 0 Å². The van der Waals surface area contributed by atoms with Crippen LogP contribution < -0.4 is 0 Å². The van der Waals surface area contributed by atoms with Crippen LogP contribution in [0.4, 0.5) is 0 Å². The first-order valence-electron chi connectivity index (χ1n) is 3.44. The van der Waals surface area contributed by atoms with E-state index in [0.29, 0.717) is 5.69 Å². The third-order valence-corrected chi connectivity index (χ3v) is 1.44. The van der Waals surface area contributed by atoms with E-state index in [1.165, 1.54) is 6.07 Å². The average molecular weight is 204 g/mol. The number of aromatic carboxylic acids is 1. The number of alkyl halides is 1. The Kier molecular flexibility index (Phi) is 5.84. The molecule has 0 amide bonds. The van der Waals surface area contributed by atoms with Gasteiger partial charge in [0.15, 0.2) is 0 Å². The zero-order valence-corrected chi connectivity index (χ0v) is 7.82. The highest BCUT2D eigenvalue weighted by atomic mass is 35.5. The van der Waals surface area contributed by atoms with Crippen LogP contribution in [-0.2, 0) is 5.88 Å². The highest BCUT2D eigenvalue weighted by Crippen LogP contribution is 2.01. The van der Waals surface area contributed by atoms with E-state index in [9.17, 15) is 4.79 Å². The van der Waals surface area contributed by atoms with Crippen LogP contribution in [-0.4, -0.2) is 28.3 Å². The van der Waals surface area contributed by atoms with Crippen LogP contribution in [0.3, 0.4) is 0 Å². The molecule has 13 heavy (non-hydrogen) atoms. The van der Waals surface area contributed by atoms with Crippen LogP contribution >= 0.6 is 11.6 Å². The lowest BCUT2D eigenvalue weighted by Gasteiger charge is -1.95. The smallest absolute Gasteiger partial charge is 0.354 e. The number of carbonyl (C=O) groups is 1. The number of pyridine rings is 1. The third kappa shape index (κ3) is 3.87. The molecule has 1 aromatic heterocycles. The number of nitrogens with zero attached hydrogens (tertiary/aromatic N) is 1. The van der Waals surface area contributed by atoms with Gasteiger partial charge in [-0.15, -0.1) is 11.6 Å². The summed E-state index contributed by atoms with van der Waals surface area (Å²) in [6, 6.07) is 4.73. The first kappa shape index (κ1) is 11.9. The predicted octanol–water partition coefficient (Wildman–Crippen LogP) is 1.13. The monoisotopic (exact) mass is 203 g/mol. The molecule has 1 heterocycles. The van der Waals surface area contributed by atoms with E-state index in [1.54, 1.807) is 12.1 Å². The fourth-order valence-electron chi connectivity index (χ4n) is 0.673. The zero-order chi connectivity index (χ0) is 10.3. The number of carboxylic acids is 1. The molecule has 0 saturated carbocycles. The molecule has 5 heteroatoms. The van der Waals surface area contributed by atoms with Crippen molar-refractivity contribution >= 4 is 17.6 Å². The molecule has 0 saturated heterocycles. The Morgan fingerprint density at radius 2 is 2.15 bits per heavy atom. The van der Waals surface area contributed by atoms with Gasteiger partial charge in [-0.3, -0.25) is 0 Å². The maximum atomic E-state index is 10.4. The first-order valence-corrected chi connectivity index (χ1v) is 3.97. The molecule has 0 radical (unpaired) electrons. The van der Waals surface area contributed by atoms with Crippen LogP contribution in [0.1, 0.15) is 16.2 Å². The van der Waals surface area contributed by atoms with Crippen molar-refractivity contribution in [3.8, 4) is 0 Å². The van der Waals surface area contributed by atoms with Gasteiger partial charge in [-0.2, -0.15) is 0 Å². The Labute approximate surface area is 80.8 Å². The summed E-state index contributed by atoms with van der Waals surface area (Å²) in [6.45, 7) is 0. The van der Waals surface area contributed by atoms with Crippen molar-refractivity contribution in [2.75, 3.05) is 7.11 Å². The van der Waals surface area contributed by atoms with Gasteiger partial charge in [-0.1, -0.05) is 6.07 Å². The van der Waals surface area contributed by atoms with E-state index in [0.717, 1.165) is 7.11 Å². The fraction of sp³-hybridized carbons (Fsp3) is 0.250. The summed E-state index contributed by atoms with van der Waals surface area (Å²) in [5.41, 5.74) is 0.606. The second kappa shape index (κ2) is 6.39. The number of rotatable bonds is 2. The molecule has 0 aliphatic carbocycles. The highest BCUT2D eigenvalue weighted by molar-refractivity contribution is 6.16. The van der Waals surface area contributed by atoms with Crippen LogP contribution in [0.5, 0.6) is 0 Å². The Bertz CT molecular complexity index is 278. The van der Waals surface area contributed by atoms with Crippen LogP contribution in [0, 0.1) is 0 Å². The van der Waals surface area contributed by atoms with Crippen molar-refractivity contribution in [1.82, 2.24) is 4.98 Å². The summed E-state index contributed by atoms with van der Waals surface area (Å²) in [6.07, 6.45) is 0. The van der Waals surface area contributed by atoms with Crippen molar-refractivity contribution in [1.29, 1.82) is 0 Å². The summed E-state index contributed by atoms with van der Waals surface area (Å²) in [4.78, 5) is 14.1. The normalized spacial score (nSPS) is 8.54. The summed E-state index contributed by atoms with van der Waals surface area (Å²) < 4.78 is 0. The molecule has 0 aliphatic rings. The van der Waals surface area contributed by atoms with Gasteiger partial charge < -0.3 is 10.2 Å². The van der Waals surface area contributed by atoms with E-state index >= 15 is 0 Å². The van der Waals surface area contributed by atoms with Gasteiger partial charge in [0.2, 0.25) is 0 Å². The van der Waals surface area contributed by atoms with Gasteiger partial charge in [0.1, 0.15) is 5.69 Å². The number of hydrogen-bond acceptors (Lipinski definition) is 3. The minimum atomic E-state index is -1.03. The first-order chi connectivity index (χ1) is 6.24. The number of halogens is 1. The Balaban J connectivity index is 0.000000671. The van der Waals surface area contributed by atoms with Crippen molar-refractivity contribution in [2.24, 2.45) is 0 Å². The molecule has 0 unspecified atom stereocenters. The highest BCUT2D eigenvalue weighted by Gasteiger charge is 2.03. The van der Waals surface area contributed by atoms with Gasteiger partial charge in [0.25, 0.3) is 0 Å². The SMILES string of the molecule is CO.O=C(O)c1cccc(CCl)n1. The summed E-state index contributed by atoms with van der Waals surface area (Å²) >= 11 is 5.45. The number of aliphatic hydroxyl groups excluding tert-OH is 1. The quantitative estimate of drug-likeness (QED) is 0.707. The molecule has 1 aromatic rings. The molecule has 0 aromatic carbocycles. The molecule has 0 atom stereocenters. The van der Waals surface area contributed by atoms with Crippen LogP contribution in [0.2, 0.25) is 0 Å². The average Bonchev–Trinajstić information content (AvgIpc) is 2.21. The molecular weight excluding hydrogens is 194 g/mol. The van der Waals surface area contributed by atoms with Crippen molar-refractivity contribution < 1.29 is 15.0 Å². The molecular formula is C8H10ClNO3. The number of carboxylic acid groups (broad SMARTS) is 1. The van der Waals surface area contributed by atoms with Crippen molar-refractivity contribution in [2.45, 2.75) is 5.88 Å². The molecule has 4 nitrogen and oxygen atoms in total. The molecule has 0 aliphatic heterocycles. The summed E-state index contributed by atoms with van der Waals surface area (Å²) in [7, 11) is 1.00. The van der Waals surface area contributed by atoms with E-state index in [-0.39, 0.29) is 11.6 Å². The summed E-state index contributed by atoms with van der Waals surface area (Å²) in [5, 5.41) is 15.5. The number of aliphatic hydroxyl groups is 1. The van der Waals surface area contributed by atoms with Crippen molar-refractivity contribution in [3.63, 3.8) is 0 Å². The lowest BCUT2D eigenvalue weighted by molar-refractivity contribution is 0.0690. The minimum Gasteiger partial charge on any atom is -0.477 e. The van der Waals surface area contributed by atoms with Gasteiger partial charge >= 0.3 is 5.97 Å². The van der Waals surface area contributed by atoms with E-state index in [4.69, 9.17) is 21.8 Å². The number of hydrogen-bond donors (Lipinski definition) is 2. The van der Waals surface area contributed by atoms with E-state index in [2.05, 4.69) is 4.98 Å². The second-order valence-electron chi connectivity index (χ2n) is 1.95. The lowest BCUT2D eigenvalue weighted by atomic mass is 10.3. The van der Waals surface area contributed by atoms with Gasteiger partial charge in [0.05, 0.1) is 11.6 Å². The molecule has 2 N–H and O–H groups in total. The van der Waals surface area contributed by atoms with Gasteiger partial charge in [0, 0.05) is 7.11 Å². The number of aromatic nitrogens is 1. The molecule has 1 rings (SSSR count). The third-order valence-electron chi connectivity index (χ3n) is 1.16. The maximum absolute atomic E-state index is 10.4. The molecule has 72 valence electrons. The minimum absolute atomic E-state index is 0.0307. The van der Waals surface area contributed by atoms with Gasteiger partial charge in [-0.05, 0) is 12.1 Å². The zero-order valence-electron chi connectivity index (χ0n) is 7.07. The predicted molar refractivity (Wildman–Crippen MR) is 48.9 cm³/mol. The molecule has 0 fully saturated rings. The second-order valence-corrected chi connectivity index (χ2v) is 2.22. The lowest BCUT2D eigenvalue weighted by Crippen LogP contribution is -2.01. The van der Waals surface area contributed by atoms with Crippen LogP contribution in [0.15, 0.2) is 18.2 Å². The standard InChI is InChI=1S/C7H6ClNO2.CH4O/c8-4-5-2-1-3-6(9-5)7(10)11;1-2/h1-3H,4H2,(H,10,11);2H,1H3. The largest absolute Gasteiger partial charge is 0.477 e. The fourth-order valence-corrected chi connectivity index (χ4v) is 0.822. The Morgan fingerprint density at radius 3 is 2.62 bits per heavy atom. The molecule has 0 bridgehead atoms. The van der Waals surface area contributed by atoms with Gasteiger partial charge in [-0.25, -0.2) is 9.78 Å². The van der Waals surface area contributed by atoms with Crippen LogP contribution in [0.25, 0.3) is 0 Å². The van der Waals surface area contributed by atoms with Crippen molar-refractivity contribution in [3.05, 3.63) is 29.6 Å².